The van der Waals surface area contributed by atoms with Crippen molar-refractivity contribution in [3.05, 3.63) is 99.6 Å². The fourth-order valence-electron chi connectivity index (χ4n) is 4.33. The first-order chi connectivity index (χ1) is 18.1. The first-order valence-electron chi connectivity index (χ1n) is 12.6. The summed E-state index contributed by atoms with van der Waals surface area (Å²) in [6.45, 7) is 8.14. The van der Waals surface area contributed by atoms with E-state index in [1.54, 1.807) is 46.9 Å². The predicted octanol–water partition coefficient (Wildman–Crippen LogP) is 6.16. The van der Waals surface area contributed by atoms with Crippen LogP contribution in [0.25, 0.3) is 16.6 Å². The van der Waals surface area contributed by atoms with E-state index in [0.717, 1.165) is 5.56 Å². The molecule has 0 bridgehead atoms. The molecule has 7 nitrogen and oxygen atoms in total. The standard InChI is InChI=1S/C30H33ClN4O3/c1-20(34(29(37)33-30(2,3)4)18-17-21-9-7-6-8-10-21)27-32-26-19-22(31)11-16-25(26)28(36)35(27)23-12-14-24(38-5)15-13-23/h6-16,19-20H,17-18H2,1-5H3,(H,33,37). The highest BCUT2D eigenvalue weighted by atomic mass is 35.5. The van der Waals surface area contributed by atoms with Gasteiger partial charge in [0.25, 0.3) is 5.56 Å². The van der Waals surface area contributed by atoms with Crippen molar-refractivity contribution in [3.63, 3.8) is 0 Å². The van der Waals surface area contributed by atoms with Crippen LogP contribution in [0.5, 0.6) is 5.75 Å². The highest BCUT2D eigenvalue weighted by Gasteiger charge is 2.29. The van der Waals surface area contributed by atoms with Gasteiger partial charge in [-0.2, -0.15) is 0 Å². The number of carbonyl (C=O) groups excluding carboxylic acids is 1. The molecule has 8 heteroatoms. The minimum absolute atomic E-state index is 0.234. The van der Waals surface area contributed by atoms with Crippen LogP contribution >= 0.6 is 11.6 Å². The van der Waals surface area contributed by atoms with Gasteiger partial charge in [-0.3, -0.25) is 9.36 Å². The monoisotopic (exact) mass is 532 g/mol. The molecule has 0 fully saturated rings. The summed E-state index contributed by atoms with van der Waals surface area (Å²) < 4.78 is 6.88. The molecule has 0 aliphatic rings. The lowest BCUT2D eigenvalue weighted by Crippen LogP contribution is -2.50. The van der Waals surface area contributed by atoms with Gasteiger partial charge in [-0.15, -0.1) is 0 Å². The third-order valence-corrected chi connectivity index (χ3v) is 6.49. The van der Waals surface area contributed by atoms with E-state index in [1.165, 1.54) is 0 Å². The zero-order chi connectivity index (χ0) is 27.4. The van der Waals surface area contributed by atoms with Crippen molar-refractivity contribution < 1.29 is 9.53 Å². The maximum Gasteiger partial charge on any atom is 0.318 e. The average molecular weight is 533 g/mol. The molecule has 0 saturated carbocycles. The predicted molar refractivity (Wildman–Crippen MR) is 152 cm³/mol. The van der Waals surface area contributed by atoms with Crippen molar-refractivity contribution in [2.45, 2.75) is 45.7 Å². The van der Waals surface area contributed by atoms with E-state index in [9.17, 15) is 9.59 Å². The number of aromatic nitrogens is 2. The molecule has 198 valence electrons. The zero-order valence-electron chi connectivity index (χ0n) is 22.4. The second-order valence-corrected chi connectivity index (χ2v) is 10.7. The Kier molecular flexibility index (Phi) is 8.07. The van der Waals surface area contributed by atoms with Crippen LogP contribution in [0.2, 0.25) is 5.02 Å². The molecule has 1 aromatic heterocycles. The summed E-state index contributed by atoms with van der Waals surface area (Å²) in [5, 5.41) is 4.00. The molecule has 0 saturated heterocycles. The van der Waals surface area contributed by atoms with Gasteiger partial charge in [-0.1, -0.05) is 41.9 Å². The van der Waals surface area contributed by atoms with Gasteiger partial charge >= 0.3 is 6.03 Å². The third-order valence-electron chi connectivity index (χ3n) is 6.26. The molecule has 1 N–H and O–H groups in total. The van der Waals surface area contributed by atoms with Crippen molar-refractivity contribution >= 4 is 28.5 Å². The third kappa shape index (κ3) is 6.17. The van der Waals surface area contributed by atoms with E-state index >= 15 is 0 Å². The van der Waals surface area contributed by atoms with Gasteiger partial charge in [0.05, 0.1) is 29.7 Å². The Morgan fingerprint density at radius 2 is 1.76 bits per heavy atom. The molecule has 4 aromatic rings. The van der Waals surface area contributed by atoms with E-state index in [4.69, 9.17) is 21.3 Å². The number of urea groups is 1. The van der Waals surface area contributed by atoms with Crippen LogP contribution in [-0.4, -0.2) is 39.7 Å². The fraction of sp³-hybridized carbons (Fsp3) is 0.300. The SMILES string of the molecule is COc1ccc(-n2c(C(C)N(CCc3ccccc3)C(=O)NC(C)(C)C)nc3cc(Cl)ccc3c2=O)cc1. The Morgan fingerprint density at radius 1 is 1.08 bits per heavy atom. The molecule has 0 aliphatic carbocycles. The minimum atomic E-state index is -0.542. The van der Waals surface area contributed by atoms with Crippen molar-refractivity contribution in [2.75, 3.05) is 13.7 Å². The summed E-state index contributed by atoms with van der Waals surface area (Å²) in [6, 6.07) is 21.5. The molecule has 0 spiro atoms. The molecule has 1 heterocycles. The van der Waals surface area contributed by atoms with Gasteiger partial charge < -0.3 is 15.0 Å². The molecule has 38 heavy (non-hydrogen) atoms. The Bertz CT molecular complexity index is 1480. The molecule has 0 radical (unpaired) electrons. The molecule has 1 atom stereocenters. The number of ether oxygens (including phenoxy) is 1. The highest BCUT2D eigenvalue weighted by Crippen LogP contribution is 2.26. The molecular weight excluding hydrogens is 500 g/mol. The number of halogens is 1. The lowest BCUT2D eigenvalue weighted by molar-refractivity contribution is 0.168. The molecule has 2 amide bonds. The van der Waals surface area contributed by atoms with Crippen LogP contribution in [0.3, 0.4) is 0 Å². The van der Waals surface area contributed by atoms with Crippen LogP contribution in [0, 0.1) is 0 Å². The summed E-state index contributed by atoms with van der Waals surface area (Å²) >= 11 is 6.26. The maximum atomic E-state index is 13.9. The van der Waals surface area contributed by atoms with E-state index in [-0.39, 0.29) is 11.6 Å². The summed E-state index contributed by atoms with van der Waals surface area (Å²) in [5.41, 5.74) is 1.54. The van der Waals surface area contributed by atoms with Gasteiger partial charge in [0.2, 0.25) is 0 Å². The van der Waals surface area contributed by atoms with Gasteiger partial charge in [0, 0.05) is 17.1 Å². The number of fused-ring (bicyclic) bond motifs is 1. The van der Waals surface area contributed by atoms with Crippen molar-refractivity contribution in [1.82, 2.24) is 19.8 Å². The highest BCUT2D eigenvalue weighted by molar-refractivity contribution is 6.31. The Morgan fingerprint density at radius 3 is 2.39 bits per heavy atom. The first kappa shape index (κ1) is 27.2. The van der Waals surface area contributed by atoms with Gasteiger partial charge in [-0.25, -0.2) is 9.78 Å². The molecule has 1 unspecified atom stereocenters. The second-order valence-electron chi connectivity index (χ2n) is 10.3. The van der Waals surface area contributed by atoms with Gasteiger partial charge in [-0.05, 0) is 82.1 Å². The quantitative estimate of drug-likeness (QED) is 0.309. The molecule has 3 aromatic carbocycles. The lowest BCUT2D eigenvalue weighted by atomic mass is 10.1. The number of nitrogens with one attached hydrogen (secondary N) is 1. The second kappa shape index (κ2) is 11.3. The Balaban J connectivity index is 1.86. The smallest absolute Gasteiger partial charge is 0.318 e. The fourth-order valence-corrected chi connectivity index (χ4v) is 4.50. The number of benzene rings is 3. The van der Waals surface area contributed by atoms with E-state index in [0.29, 0.717) is 46.2 Å². The van der Waals surface area contributed by atoms with Crippen LogP contribution in [0.1, 0.15) is 45.1 Å². The van der Waals surface area contributed by atoms with Crippen LogP contribution < -0.4 is 15.6 Å². The summed E-state index contributed by atoms with van der Waals surface area (Å²) in [4.78, 5) is 34.1. The van der Waals surface area contributed by atoms with Crippen LogP contribution in [0.15, 0.2) is 77.6 Å². The average Bonchev–Trinajstić information content (AvgIpc) is 2.88. The minimum Gasteiger partial charge on any atom is -0.497 e. The number of hydrogen-bond donors (Lipinski definition) is 1. The van der Waals surface area contributed by atoms with Gasteiger partial charge in [0.15, 0.2) is 0 Å². The number of carbonyl (C=O) groups is 1. The van der Waals surface area contributed by atoms with E-state index in [1.807, 2.05) is 70.2 Å². The lowest BCUT2D eigenvalue weighted by Gasteiger charge is -2.33. The number of hydrogen-bond acceptors (Lipinski definition) is 4. The summed E-state index contributed by atoms with van der Waals surface area (Å²) in [5.74, 6) is 1.11. The summed E-state index contributed by atoms with van der Waals surface area (Å²) in [7, 11) is 1.59. The van der Waals surface area contributed by atoms with Crippen molar-refractivity contribution in [1.29, 1.82) is 0 Å². The van der Waals surface area contributed by atoms with E-state index < -0.39 is 11.6 Å². The number of nitrogens with zero attached hydrogens (tertiary/aromatic N) is 3. The normalized spacial score (nSPS) is 12.3. The molecule has 4 rings (SSSR count). The van der Waals surface area contributed by atoms with Crippen molar-refractivity contribution in [3.8, 4) is 11.4 Å². The largest absolute Gasteiger partial charge is 0.497 e. The maximum absolute atomic E-state index is 13.9. The Labute approximate surface area is 228 Å². The first-order valence-corrected chi connectivity index (χ1v) is 12.9. The number of methoxy groups -OCH3 is 1. The number of amides is 2. The summed E-state index contributed by atoms with van der Waals surface area (Å²) in [6.07, 6.45) is 0.648. The van der Waals surface area contributed by atoms with Gasteiger partial charge in [0.1, 0.15) is 11.6 Å². The molecule has 0 aliphatic heterocycles. The Hall–Kier alpha value is -3.84. The van der Waals surface area contributed by atoms with Crippen LogP contribution in [-0.2, 0) is 6.42 Å². The van der Waals surface area contributed by atoms with Crippen molar-refractivity contribution in [2.24, 2.45) is 0 Å². The van der Waals surface area contributed by atoms with E-state index in [2.05, 4.69) is 5.32 Å². The van der Waals surface area contributed by atoms with Crippen LogP contribution in [0.4, 0.5) is 4.79 Å². The number of rotatable bonds is 7. The molecular formula is C30H33ClN4O3. The topological polar surface area (TPSA) is 76.5 Å². The zero-order valence-corrected chi connectivity index (χ0v) is 23.1.